The molecule has 0 aliphatic carbocycles. The molecule has 0 atom stereocenters. The maximum atomic E-state index is 10.3. The fourth-order valence-electron chi connectivity index (χ4n) is 1.39. The van der Waals surface area contributed by atoms with Crippen LogP contribution in [-0.2, 0) is 11.3 Å². The van der Waals surface area contributed by atoms with Crippen molar-refractivity contribution in [1.29, 1.82) is 0 Å². The van der Waals surface area contributed by atoms with Gasteiger partial charge in [-0.15, -0.1) is 11.3 Å². The smallest absolute Gasteiger partial charge is 0.304 e. The van der Waals surface area contributed by atoms with Gasteiger partial charge in [0.2, 0.25) is 0 Å². The Morgan fingerprint density at radius 3 is 3.00 bits per heavy atom. The standard InChI is InChI=1S/C11H12N2O2S/c14-11(15)5-6-12-7-10-13-8-3-1-2-4-9(8)16-10/h1-4,12H,5-7H2,(H,14,15). The van der Waals surface area contributed by atoms with Crippen molar-refractivity contribution in [2.24, 2.45) is 0 Å². The largest absolute Gasteiger partial charge is 0.481 e. The van der Waals surface area contributed by atoms with Gasteiger partial charge in [-0.2, -0.15) is 0 Å². The first-order valence-corrected chi connectivity index (χ1v) is 5.84. The Hall–Kier alpha value is -1.46. The number of rotatable bonds is 5. The number of fused-ring (bicyclic) bond motifs is 1. The van der Waals surface area contributed by atoms with Gasteiger partial charge < -0.3 is 10.4 Å². The van der Waals surface area contributed by atoms with Crippen LogP contribution in [0.5, 0.6) is 0 Å². The highest BCUT2D eigenvalue weighted by atomic mass is 32.1. The number of nitrogens with zero attached hydrogens (tertiary/aromatic N) is 1. The zero-order valence-electron chi connectivity index (χ0n) is 8.64. The molecule has 0 unspecified atom stereocenters. The van der Waals surface area contributed by atoms with Crippen LogP contribution in [0.25, 0.3) is 10.2 Å². The monoisotopic (exact) mass is 236 g/mol. The van der Waals surface area contributed by atoms with E-state index in [1.54, 1.807) is 11.3 Å². The van der Waals surface area contributed by atoms with E-state index in [-0.39, 0.29) is 6.42 Å². The quantitative estimate of drug-likeness (QED) is 0.778. The number of hydrogen-bond donors (Lipinski definition) is 2. The number of hydrogen-bond acceptors (Lipinski definition) is 4. The van der Waals surface area contributed by atoms with E-state index in [4.69, 9.17) is 5.11 Å². The van der Waals surface area contributed by atoms with Crippen LogP contribution >= 0.6 is 11.3 Å². The predicted molar refractivity (Wildman–Crippen MR) is 63.6 cm³/mol. The first-order valence-electron chi connectivity index (χ1n) is 5.02. The maximum absolute atomic E-state index is 10.3. The lowest BCUT2D eigenvalue weighted by Crippen LogP contribution is -2.17. The van der Waals surface area contributed by atoms with E-state index >= 15 is 0 Å². The van der Waals surface area contributed by atoms with Crippen molar-refractivity contribution in [3.05, 3.63) is 29.3 Å². The number of aliphatic carboxylic acids is 1. The van der Waals surface area contributed by atoms with Crippen molar-refractivity contribution >= 4 is 27.5 Å². The Morgan fingerprint density at radius 1 is 1.44 bits per heavy atom. The van der Waals surface area contributed by atoms with Gasteiger partial charge in [0, 0.05) is 13.1 Å². The zero-order valence-corrected chi connectivity index (χ0v) is 9.46. The summed E-state index contributed by atoms with van der Waals surface area (Å²) in [5, 5.41) is 12.5. The highest BCUT2D eigenvalue weighted by molar-refractivity contribution is 7.18. The molecule has 0 saturated heterocycles. The molecule has 0 amide bonds. The van der Waals surface area contributed by atoms with Gasteiger partial charge in [-0.3, -0.25) is 4.79 Å². The molecule has 1 aromatic heterocycles. The van der Waals surface area contributed by atoms with Crippen LogP contribution in [0.15, 0.2) is 24.3 Å². The molecule has 0 radical (unpaired) electrons. The summed E-state index contributed by atoms with van der Waals surface area (Å²) in [6.45, 7) is 1.11. The highest BCUT2D eigenvalue weighted by Crippen LogP contribution is 2.21. The number of carboxylic acid groups (broad SMARTS) is 1. The van der Waals surface area contributed by atoms with Crippen molar-refractivity contribution in [1.82, 2.24) is 10.3 Å². The van der Waals surface area contributed by atoms with Crippen LogP contribution < -0.4 is 5.32 Å². The molecule has 2 rings (SSSR count). The van der Waals surface area contributed by atoms with Gasteiger partial charge in [0.25, 0.3) is 0 Å². The van der Waals surface area contributed by atoms with Crippen molar-refractivity contribution in [3.63, 3.8) is 0 Å². The van der Waals surface area contributed by atoms with Gasteiger partial charge in [0.15, 0.2) is 0 Å². The van der Waals surface area contributed by atoms with E-state index in [0.29, 0.717) is 13.1 Å². The molecule has 1 aromatic carbocycles. The van der Waals surface area contributed by atoms with Crippen LogP contribution in [0, 0.1) is 0 Å². The summed E-state index contributed by atoms with van der Waals surface area (Å²) < 4.78 is 1.16. The molecule has 0 fully saturated rings. The number of para-hydroxylation sites is 1. The van der Waals surface area contributed by atoms with Gasteiger partial charge >= 0.3 is 5.97 Å². The summed E-state index contributed by atoms with van der Waals surface area (Å²) in [6, 6.07) is 7.96. The second kappa shape index (κ2) is 5.05. The van der Waals surface area contributed by atoms with E-state index < -0.39 is 5.97 Å². The minimum absolute atomic E-state index is 0.144. The average molecular weight is 236 g/mol. The molecule has 0 aliphatic heterocycles. The van der Waals surface area contributed by atoms with Crippen molar-refractivity contribution in [3.8, 4) is 0 Å². The predicted octanol–water partition coefficient (Wildman–Crippen LogP) is 1.86. The van der Waals surface area contributed by atoms with Crippen LogP contribution in [0.1, 0.15) is 11.4 Å². The highest BCUT2D eigenvalue weighted by Gasteiger charge is 2.02. The van der Waals surface area contributed by atoms with E-state index in [1.165, 1.54) is 0 Å². The Balaban J connectivity index is 1.92. The number of carbonyl (C=O) groups is 1. The topological polar surface area (TPSA) is 62.2 Å². The summed E-state index contributed by atoms with van der Waals surface area (Å²) in [7, 11) is 0. The van der Waals surface area contributed by atoms with E-state index in [2.05, 4.69) is 10.3 Å². The zero-order chi connectivity index (χ0) is 11.4. The molecular weight excluding hydrogens is 224 g/mol. The van der Waals surface area contributed by atoms with Crippen molar-refractivity contribution in [2.75, 3.05) is 6.54 Å². The first-order chi connectivity index (χ1) is 7.75. The summed E-state index contributed by atoms with van der Waals surface area (Å²) >= 11 is 1.64. The first kappa shape index (κ1) is 11.0. The Bertz CT molecular complexity index is 462. The van der Waals surface area contributed by atoms with Gasteiger partial charge in [-0.25, -0.2) is 4.98 Å². The summed E-state index contributed by atoms with van der Waals surface area (Å²) in [5.74, 6) is -0.781. The Morgan fingerprint density at radius 2 is 2.25 bits per heavy atom. The molecule has 2 aromatic rings. The number of nitrogens with one attached hydrogen (secondary N) is 1. The molecule has 4 nitrogen and oxygen atoms in total. The molecule has 16 heavy (non-hydrogen) atoms. The van der Waals surface area contributed by atoms with Crippen molar-refractivity contribution in [2.45, 2.75) is 13.0 Å². The Labute approximate surface area is 96.9 Å². The second-order valence-corrected chi connectivity index (χ2v) is 4.51. The van der Waals surface area contributed by atoms with Gasteiger partial charge in [0.05, 0.1) is 16.6 Å². The second-order valence-electron chi connectivity index (χ2n) is 3.40. The third kappa shape index (κ3) is 2.77. The number of benzene rings is 1. The van der Waals surface area contributed by atoms with Gasteiger partial charge in [-0.05, 0) is 12.1 Å². The molecule has 2 N–H and O–H groups in total. The summed E-state index contributed by atoms with van der Waals surface area (Å²) in [5.41, 5.74) is 1.00. The number of carboxylic acids is 1. The number of thiazole rings is 1. The third-order valence-corrected chi connectivity index (χ3v) is 3.17. The average Bonchev–Trinajstić information content (AvgIpc) is 2.66. The third-order valence-electron chi connectivity index (χ3n) is 2.13. The lowest BCUT2D eigenvalue weighted by Gasteiger charge is -1.98. The van der Waals surface area contributed by atoms with Crippen molar-refractivity contribution < 1.29 is 9.90 Å². The molecular formula is C11H12N2O2S. The van der Waals surface area contributed by atoms with Gasteiger partial charge in [-0.1, -0.05) is 12.1 Å². The molecule has 5 heteroatoms. The summed E-state index contributed by atoms with van der Waals surface area (Å²) in [4.78, 5) is 14.7. The normalized spacial score (nSPS) is 10.8. The molecule has 0 spiro atoms. The fraction of sp³-hybridized carbons (Fsp3) is 0.273. The number of aromatic nitrogens is 1. The van der Waals surface area contributed by atoms with E-state index in [0.717, 1.165) is 15.2 Å². The fourth-order valence-corrected chi connectivity index (χ4v) is 2.32. The lowest BCUT2D eigenvalue weighted by molar-refractivity contribution is -0.136. The minimum atomic E-state index is -0.781. The van der Waals surface area contributed by atoms with Crippen LogP contribution in [0.2, 0.25) is 0 Å². The SMILES string of the molecule is O=C(O)CCNCc1nc2ccccc2s1. The summed E-state index contributed by atoms with van der Waals surface area (Å²) in [6.07, 6.45) is 0.144. The molecule has 1 heterocycles. The molecule has 0 aliphatic rings. The van der Waals surface area contributed by atoms with Crippen LogP contribution in [0.3, 0.4) is 0 Å². The molecule has 0 bridgehead atoms. The van der Waals surface area contributed by atoms with Crippen LogP contribution in [-0.4, -0.2) is 22.6 Å². The maximum Gasteiger partial charge on any atom is 0.304 e. The van der Waals surface area contributed by atoms with Crippen LogP contribution in [0.4, 0.5) is 0 Å². The van der Waals surface area contributed by atoms with Gasteiger partial charge in [0.1, 0.15) is 5.01 Å². The Kier molecular flexibility index (Phi) is 3.48. The lowest BCUT2D eigenvalue weighted by atomic mass is 10.3. The van der Waals surface area contributed by atoms with E-state index in [1.807, 2.05) is 24.3 Å². The minimum Gasteiger partial charge on any atom is -0.481 e. The van der Waals surface area contributed by atoms with E-state index in [9.17, 15) is 4.79 Å². The molecule has 84 valence electrons. The molecule has 0 saturated carbocycles.